The molecule has 0 radical (unpaired) electrons. The Bertz CT molecular complexity index is 2230. The van der Waals surface area contributed by atoms with Gasteiger partial charge in [-0.2, -0.15) is 5.10 Å². The molecule has 0 spiro atoms. The van der Waals surface area contributed by atoms with Crippen molar-refractivity contribution < 1.29 is 23.5 Å². The highest BCUT2D eigenvalue weighted by Gasteiger charge is 2.33. The number of methoxy groups -OCH3 is 1. The summed E-state index contributed by atoms with van der Waals surface area (Å²) in [5.41, 5.74) is 4.17. The van der Waals surface area contributed by atoms with Crippen LogP contribution >= 0.6 is 0 Å². The van der Waals surface area contributed by atoms with Crippen molar-refractivity contribution in [2.45, 2.75) is 76.3 Å². The number of carbonyl (C=O) groups is 3. The van der Waals surface area contributed by atoms with Crippen LogP contribution < -0.4 is 21.1 Å². The number of anilines is 1. The van der Waals surface area contributed by atoms with Crippen LogP contribution in [0.5, 0.6) is 5.75 Å². The molecule has 2 saturated heterocycles. The summed E-state index contributed by atoms with van der Waals surface area (Å²) in [5, 5.41) is 11.1. The van der Waals surface area contributed by atoms with Gasteiger partial charge in [-0.15, -0.1) is 0 Å². The largest absolute Gasteiger partial charge is 0.494 e. The molecule has 3 fully saturated rings. The SMILES string of the molecule is COc1cc2nn(C3CCC(CN4CCC(c5cccc6c5n(C)c(=O)n6C5CCC(=O)NC5=O)CC4)CC3)cc2cc1NC(=O)c1coc(C)n1. The van der Waals surface area contributed by atoms with E-state index in [1.165, 1.54) is 6.26 Å². The normalized spacial score (nSPS) is 21.9. The highest BCUT2D eigenvalue weighted by molar-refractivity contribution is 6.05. The lowest BCUT2D eigenvalue weighted by molar-refractivity contribution is -0.135. The molecule has 1 aliphatic carbocycles. The molecule has 3 aliphatic rings. The zero-order valence-corrected chi connectivity index (χ0v) is 29.8. The Morgan fingerprint density at radius 3 is 2.56 bits per heavy atom. The fourth-order valence-corrected chi connectivity index (χ4v) is 8.59. The molecule has 272 valence electrons. The number of hydrogen-bond acceptors (Lipinski definition) is 9. The van der Waals surface area contributed by atoms with Gasteiger partial charge in [0.05, 0.1) is 35.4 Å². The lowest BCUT2D eigenvalue weighted by Gasteiger charge is -2.37. The summed E-state index contributed by atoms with van der Waals surface area (Å²) in [6, 6.07) is 9.42. The number of amides is 3. The predicted octanol–water partition coefficient (Wildman–Crippen LogP) is 4.84. The second-order valence-electron chi connectivity index (χ2n) is 14.6. The number of para-hydroxylation sites is 1. The van der Waals surface area contributed by atoms with Crippen LogP contribution in [0.1, 0.15) is 91.3 Å². The molecule has 3 amide bonds. The van der Waals surface area contributed by atoms with Crippen molar-refractivity contribution in [3.8, 4) is 5.75 Å². The summed E-state index contributed by atoms with van der Waals surface area (Å²) in [5.74, 6) is 0.851. The Hall–Kier alpha value is -5.24. The van der Waals surface area contributed by atoms with Gasteiger partial charge < -0.3 is 19.4 Å². The molecule has 5 heterocycles. The number of aryl methyl sites for hydroxylation is 2. The molecule has 8 rings (SSSR count). The monoisotopic (exact) mass is 708 g/mol. The van der Waals surface area contributed by atoms with Crippen LogP contribution in [0.2, 0.25) is 0 Å². The number of benzene rings is 2. The zero-order chi connectivity index (χ0) is 36.1. The van der Waals surface area contributed by atoms with Gasteiger partial charge in [-0.1, -0.05) is 12.1 Å². The van der Waals surface area contributed by atoms with Crippen molar-refractivity contribution in [1.29, 1.82) is 0 Å². The van der Waals surface area contributed by atoms with Crippen molar-refractivity contribution >= 4 is 45.3 Å². The maximum Gasteiger partial charge on any atom is 0.329 e. The van der Waals surface area contributed by atoms with Crippen LogP contribution in [0.3, 0.4) is 0 Å². The van der Waals surface area contributed by atoms with E-state index in [4.69, 9.17) is 14.3 Å². The van der Waals surface area contributed by atoms with Crippen molar-refractivity contribution in [3.05, 3.63) is 70.4 Å². The summed E-state index contributed by atoms with van der Waals surface area (Å²) in [6.45, 7) is 4.78. The van der Waals surface area contributed by atoms with Gasteiger partial charge in [0.2, 0.25) is 11.8 Å². The molecule has 1 atom stereocenters. The highest BCUT2D eigenvalue weighted by atomic mass is 16.5. The minimum Gasteiger partial charge on any atom is -0.494 e. The minimum absolute atomic E-state index is 0.210. The first-order valence-electron chi connectivity index (χ1n) is 18.2. The number of carbonyl (C=O) groups excluding carboxylic acids is 3. The van der Waals surface area contributed by atoms with E-state index < -0.39 is 11.9 Å². The Balaban J connectivity index is 0.880. The number of imidazole rings is 1. The fourth-order valence-electron chi connectivity index (χ4n) is 8.59. The average Bonchev–Trinajstić information content (AvgIpc) is 3.84. The maximum atomic E-state index is 13.4. The first kappa shape index (κ1) is 33.9. The van der Waals surface area contributed by atoms with Crippen LogP contribution in [0.15, 0.2) is 52.0 Å². The molecule has 2 aliphatic heterocycles. The number of imide groups is 1. The lowest BCUT2D eigenvalue weighted by Crippen LogP contribution is -2.44. The number of rotatable bonds is 8. The van der Waals surface area contributed by atoms with E-state index in [9.17, 15) is 19.2 Å². The second-order valence-corrected chi connectivity index (χ2v) is 14.6. The second kappa shape index (κ2) is 13.7. The summed E-state index contributed by atoms with van der Waals surface area (Å²) in [6.07, 6.45) is 10.4. The number of nitrogens with zero attached hydrogens (tertiary/aromatic N) is 6. The van der Waals surface area contributed by atoms with Crippen LogP contribution in [0.4, 0.5) is 5.69 Å². The summed E-state index contributed by atoms with van der Waals surface area (Å²) < 4.78 is 16.1. The first-order valence-corrected chi connectivity index (χ1v) is 18.2. The van der Waals surface area contributed by atoms with E-state index in [0.29, 0.717) is 41.6 Å². The third kappa shape index (κ3) is 6.29. The van der Waals surface area contributed by atoms with Crippen molar-refractivity contribution in [1.82, 2.24) is 34.1 Å². The van der Waals surface area contributed by atoms with Crippen LogP contribution in [-0.2, 0) is 16.6 Å². The van der Waals surface area contributed by atoms with Gasteiger partial charge in [0.1, 0.15) is 18.1 Å². The standard InChI is InChI=1S/C38H44N8O6/c1-22-39-30(21-52-22)36(48)40-29-17-25-20-45(42-28(25)18-33(29)51-3)26-9-7-23(8-10-26)19-44-15-13-24(14-16-44)27-5-4-6-31-35(27)43(2)38(50)46(31)32-11-12-34(47)41-37(32)49/h4-6,17-18,20-21,23-24,26,32H,7-16,19H2,1-3H3,(H,40,48)(H,41,47,49). The Labute approximate surface area is 300 Å². The highest BCUT2D eigenvalue weighted by Crippen LogP contribution is 2.38. The molecule has 5 aromatic rings. The van der Waals surface area contributed by atoms with Crippen molar-refractivity contribution in [2.75, 3.05) is 32.1 Å². The molecule has 14 nitrogen and oxygen atoms in total. The quantitative estimate of drug-likeness (QED) is 0.215. The smallest absolute Gasteiger partial charge is 0.329 e. The van der Waals surface area contributed by atoms with Crippen molar-refractivity contribution in [2.24, 2.45) is 13.0 Å². The fraction of sp³-hybridized carbons (Fsp3) is 0.474. The van der Waals surface area contributed by atoms with Gasteiger partial charge >= 0.3 is 5.69 Å². The molecule has 14 heteroatoms. The zero-order valence-electron chi connectivity index (χ0n) is 29.8. The third-order valence-corrected chi connectivity index (χ3v) is 11.3. The Morgan fingerprint density at radius 2 is 1.85 bits per heavy atom. The molecule has 1 saturated carbocycles. The maximum absolute atomic E-state index is 13.4. The van der Waals surface area contributed by atoms with Gasteiger partial charge in [-0.25, -0.2) is 9.78 Å². The number of hydrogen-bond donors (Lipinski definition) is 2. The number of piperidine rings is 2. The molecule has 0 bridgehead atoms. The van der Waals surface area contributed by atoms with Gasteiger partial charge in [-0.3, -0.25) is 33.5 Å². The number of nitrogens with one attached hydrogen (secondary N) is 2. The topological polar surface area (TPSA) is 159 Å². The van der Waals surface area contributed by atoms with Gasteiger partial charge in [-0.05, 0) is 87.6 Å². The predicted molar refractivity (Wildman–Crippen MR) is 193 cm³/mol. The minimum atomic E-state index is -0.681. The van der Waals surface area contributed by atoms with E-state index >= 15 is 0 Å². The van der Waals surface area contributed by atoms with E-state index in [1.54, 1.807) is 30.2 Å². The van der Waals surface area contributed by atoms with Gasteiger partial charge in [0, 0.05) is 44.6 Å². The van der Waals surface area contributed by atoms with Crippen LogP contribution in [0, 0.1) is 12.8 Å². The van der Waals surface area contributed by atoms with Crippen LogP contribution in [-0.4, -0.2) is 73.3 Å². The Morgan fingerprint density at radius 1 is 1.06 bits per heavy atom. The van der Waals surface area contributed by atoms with E-state index in [-0.39, 0.29) is 29.6 Å². The number of ether oxygens (including phenoxy) is 1. The van der Waals surface area contributed by atoms with E-state index in [0.717, 1.165) is 85.7 Å². The summed E-state index contributed by atoms with van der Waals surface area (Å²) >= 11 is 0. The molecule has 2 N–H and O–H groups in total. The van der Waals surface area contributed by atoms with Gasteiger partial charge in [0.25, 0.3) is 5.91 Å². The van der Waals surface area contributed by atoms with Gasteiger partial charge in [0.15, 0.2) is 11.6 Å². The van der Waals surface area contributed by atoms with Crippen molar-refractivity contribution in [3.63, 3.8) is 0 Å². The number of likely N-dealkylation sites (tertiary alicyclic amines) is 1. The first-order chi connectivity index (χ1) is 25.2. The number of aromatic nitrogens is 5. The van der Waals surface area contributed by atoms with Crippen LogP contribution in [0.25, 0.3) is 21.9 Å². The Kier molecular flexibility index (Phi) is 8.94. The van der Waals surface area contributed by atoms with E-state index in [2.05, 4.69) is 37.5 Å². The summed E-state index contributed by atoms with van der Waals surface area (Å²) in [7, 11) is 3.36. The third-order valence-electron chi connectivity index (χ3n) is 11.3. The molecular weight excluding hydrogens is 664 g/mol. The average molecular weight is 709 g/mol. The lowest BCUT2D eigenvalue weighted by atomic mass is 9.84. The summed E-state index contributed by atoms with van der Waals surface area (Å²) in [4.78, 5) is 57.3. The number of oxazole rings is 1. The molecular formula is C38H44N8O6. The molecule has 3 aromatic heterocycles. The number of fused-ring (bicyclic) bond motifs is 2. The molecule has 52 heavy (non-hydrogen) atoms. The molecule has 2 aromatic carbocycles. The van der Waals surface area contributed by atoms with E-state index in [1.807, 2.05) is 24.3 Å². The molecule has 1 unspecified atom stereocenters.